The molecule has 1 heterocycles. The van der Waals surface area contributed by atoms with E-state index < -0.39 is 5.54 Å². The van der Waals surface area contributed by atoms with E-state index in [2.05, 4.69) is 5.32 Å². The fourth-order valence-electron chi connectivity index (χ4n) is 2.05. The number of hydrogen-bond acceptors (Lipinski definition) is 3. The van der Waals surface area contributed by atoms with E-state index in [1.165, 1.54) is 6.07 Å². The third kappa shape index (κ3) is 5.37. The molecule has 0 saturated heterocycles. The van der Waals surface area contributed by atoms with Crippen molar-refractivity contribution in [2.75, 3.05) is 6.54 Å². The topological polar surface area (TPSA) is 68.3 Å². The van der Waals surface area contributed by atoms with Crippen molar-refractivity contribution in [1.29, 1.82) is 0 Å². The molecule has 0 aliphatic rings. The highest BCUT2D eigenvalue weighted by Gasteiger charge is 2.18. The summed E-state index contributed by atoms with van der Waals surface area (Å²) < 4.78 is 19.3. The molecule has 0 radical (unpaired) electrons. The molecule has 126 valence electrons. The largest absolute Gasteiger partial charge is 0.461 e. The summed E-state index contributed by atoms with van der Waals surface area (Å²) in [7, 11) is 0. The second-order valence-electron chi connectivity index (χ2n) is 5.88. The third-order valence-corrected chi connectivity index (χ3v) is 3.39. The van der Waals surface area contributed by atoms with Crippen LogP contribution in [0.2, 0.25) is 0 Å². The summed E-state index contributed by atoms with van der Waals surface area (Å²) in [6.45, 7) is 4.11. The summed E-state index contributed by atoms with van der Waals surface area (Å²) in [4.78, 5) is 11.9. The van der Waals surface area contributed by atoms with Crippen LogP contribution >= 0.6 is 12.4 Å². The summed E-state index contributed by atoms with van der Waals surface area (Å²) in [6, 6.07) is 9.92. The second kappa shape index (κ2) is 8.13. The standard InChI is InChI=1S/C17H21FN2O2.ClH/c1-17(2,11-19)20-16(21)10-8-12-7-9-15(22-12)13-5-3-4-6-14(13)18;/h3-7,9H,8,10-11,19H2,1-2H3,(H,20,21);1H. The highest BCUT2D eigenvalue weighted by atomic mass is 35.5. The Kier molecular flexibility index (Phi) is 6.79. The normalized spacial score (nSPS) is 11.0. The Morgan fingerprint density at radius 3 is 2.61 bits per heavy atom. The molecule has 0 saturated carbocycles. The predicted molar refractivity (Wildman–Crippen MR) is 90.9 cm³/mol. The fraction of sp³-hybridized carbons (Fsp3) is 0.353. The minimum Gasteiger partial charge on any atom is -0.461 e. The predicted octanol–water partition coefficient (Wildman–Crippen LogP) is 3.29. The minimum atomic E-state index is -0.418. The van der Waals surface area contributed by atoms with Crippen molar-refractivity contribution >= 4 is 18.3 Å². The number of nitrogens with one attached hydrogen (secondary N) is 1. The lowest BCUT2D eigenvalue weighted by molar-refractivity contribution is -0.122. The number of rotatable bonds is 6. The van der Waals surface area contributed by atoms with Crippen molar-refractivity contribution in [3.63, 3.8) is 0 Å². The number of carbonyl (C=O) groups is 1. The molecule has 2 rings (SSSR count). The molecular formula is C17H22ClFN2O2. The molecule has 1 aromatic heterocycles. The third-order valence-electron chi connectivity index (χ3n) is 3.39. The van der Waals surface area contributed by atoms with Crippen molar-refractivity contribution in [3.05, 3.63) is 48.0 Å². The van der Waals surface area contributed by atoms with Gasteiger partial charge in [0.25, 0.3) is 0 Å². The Labute approximate surface area is 141 Å². The molecule has 23 heavy (non-hydrogen) atoms. The van der Waals surface area contributed by atoms with Gasteiger partial charge in [-0.05, 0) is 38.1 Å². The van der Waals surface area contributed by atoms with Gasteiger partial charge in [-0.1, -0.05) is 12.1 Å². The van der Waals surface area contributed by atoms with Crippen LogP contribution < -0.4 is 11.1 Å². The van der Waals surface area contributed by atoms with Crippen LogP contribution in [0.25, 0.3) is 11.3 Å². The van der Waals surface area contributed by atoms with E-state index in [4.69, 9.17) is 10.2 Å². The summed E-state index contributed by atoms with van der Waals surface area (Å²) >= 11 is 0. The van der Waals surface area contributed by atoms with E-state index >= 15 is 0 Å². The van der Waals surface area contributed by atoms with Crippen LogP contribution in [0.15, 0.2) is 40.8 Å². The number of aryl methyl sites for hydroxylation is 1. The summed E-state index contributed by atoms with van der Waals surface area (Å²) in [5.74, 6) is 0.708. The zero-order valence-electron chi connectivity index (χ0n) is 13.3. The van der Waals surface area contributed by atoms with Gasteiger partial charge < -0.3 is 15.5 Å². The van der Waals surface area contributed by atoms with Gasteiger partial charge in [0.2, 0.25) is 5.91 Å². The molecule has 3 N–H and O–H groups in total. The molecule has 0 aliphatic carbocycles. The van der Waals surface area contributed by atoms with Gasteiger partial charge in [-0.15, -0.1) is 12.4 Å². The zero-order valence-corrected chi connectivity index (χ0v) is 14.1. The monoisotopic (exact) mass is 340 g/mol. The van der Waals surface area contributed by atoms with E-state index in [-0.39, 0.29) is 24.1 Å². The lowest BCUT2D eigenvalue weighted by atomic mass is 10.1. The van der Waals surface area contributed by atoms with Crippen LogP contribution in [-0.4, -0.2) is 18.0 Å². The lowest BCUT2D eigenvalue weighted by Crippen LogP contribution is -2.48. The van der Waals surface area contributed by atoms with E-state index in [0.717, 1.165) is 0 Å². The number of hydrogen-bond donors (Lipinski definition) is 2. The Hall–Kier alpha value is -1.85. The quantitative estimate of drug-likeness (QED) is 0.847. The van der Waals surface area contributed by atoms with Crippen LogP contribution in [0.3, 0.4) is 0 Å². The van der Waals surface area contributed by atoms with Crippen LogP contribution in [0.1, 0.15) is 26.0 Å². The summed E-state index contributed by atoms with van der Waals surface area (Å²) in [6.07, 6.45) is 0.759. The van der Waals surface area contributed by atoms with E-state index in [1.54, 1.807) is 30.3 Å². The van der Waals surface area contributed by atoms with E-state index in [9.17, 15) is 9.18 Å². The zero-order chi connectivity index (χ0) is 16.2. The molecule has 4 nitrogen and oxygen atoms in total. The molecule has 6 heteroatoms. The molecule has 2 aromatic rings. The average molecular weight is 341 g/mol. The average Bonchev–Trinajstić information content (AvgIpc) is 2.94. The molecule has 1 aromatic carbocycles. The summed E-state index contributed by atoms with van der Waals surface area (Å²) in [5, 5.41) is 2.86. The highest BCUT2D eigenvalue weighted by molar-refractivity contribution is 5.85. The van der Waals surface area contributed by atoms with Crippen molar-refractivity contribution < 1.29 is 13.6 Å². The maximum Gasteiger partial charge on any atom is 0.220 e. The number of benzene rings is 1. The Balaban J connectivity index is 0.00000264. The lowest BCUT2D eigenvalue weighted by Gasteiger charge is -2.24. The highest BCUT2D eigenvalue weighted by Crippen LogP contribution is 2.25. The van der Waals surface area contributed by atoms with Crippen molar-refractivity contribution in [2.45, 2.75) is 32.2 Å². The molecule has 0 spiro atoms. The smallest absolute Gasteiger partial charge is 0.220 e. The van der Waals surface area contributed by atoms with Gasteiger partial charge in [-0.25, -0.2) is 4.39 Å². The fourth-order valence-corrected chi connectivity index (χ4v) is 2.05. The number of carbonyl (C=O) groups excluding carboxylic acids is 1. The maximum absolute atomic E-state index is 13.7. The Bertz CT molecular complexity index is 656. The molecular weight excluding hydrogens is 319 g/mol. The molecule has 0 atom stereocenters. The molecule has 1 amide bonds. The van der Waals surface area contributed by atoms with Crippen LogP contribution in [-0.2, 0) is 11.2 Å². The summed E-state index contributed by atoms with van der Waals surface area (Å²) in [5.41, 5.74) is 5.58. The molecule has 0 bridgehead atoms. The van der Waals surface area contributed by atoms with Crippen molar-refractivity contribution in [3.8, 4) is 11.3 Å². The van der Waals surface area contributed by atoms with Gasteiger partial charge in [0.1, 0.15) is 17.3 Å². The van der Waals surface area contributed by atoms with Gasteiger partial charge >= 0.3 is 0 Å². The first-order valence-corrected chi connectivity index (χ1v) is 7.26. The minimum absolute atomic E-state index is 0. The Morgan fingerprint density at radius 1 is 1.26 bits per heavy atom. The number of nitrogens with two attached hydrogens (primary N) is 1. The molecule has 0 unspecified atom stereocenters. The van der Waals surface area contributed by atoms with E-state index in [1.807, 2.05) is 13.8 Å². The first-order chi connectivity index (χ1) is 10.4. The van der Waals surface area contributed by atoms with Crippen LogP contribution in [0.4, 0.5) is 4.39 Å². The van der Waals surface area contributed by atoms with Crippen molar-refractivity contribution in [1.82, 2.24) is 5.32 Å². The second-order valence-corrected chi connectivity index (χ2v) is 5.88. The van der Waals surface area contributed by atoms with Crippen LogP contribution in [0.5, 0.6) is 0 Å². The number of furan rings is 1. The number of amides is 1. The molecule has 0 fully saturated rings. The maximum atomic E-state index is 13.7. The van der Waals surface area contributed by atoms with Crippen molar-refractivity contribution in [2.24, 2.45) is 5.73 Å². The van der Waals surface area contributed by atoms with Gasteiger partial charge in [-0.3, -0.25) is 4.79 Å². The van der Waals surface area contributed by atoms with Gasteiger partial charge in [0.05, 0.1) is 5.56 Å². The first-order valence-electron chi connectivity index (χ1n) is 7.26. The SMILES string of the molecule is CC(C)(CN)NC(=O)CCc1ccc(-c2ccccc2F)o1.Cl. The first kappa shape index (κ1) is 19.2. The molecule has 0 aliphatic heterocycles. The van der Waals surface area contributed by atoms with Gasteiger partial charge in [0.15, 0.2) is 0 Å². The van der Waals surface area contributed by atoms with Crippen LogP contribution in [0, 0.1) is 5.82 Å². The van der Waals surface area contributed by atoms with Gasteiger partial charge in [-0.2, -0.15) is 0 Å². The van der Waals surface area contributed by atoms with E-state index in [0.29, 0.717) is 36.5 Å². The Morgan fingerprint density at radius 2 is 1.96 bits per heavy atom. The van der Waals surface area contributed by atoms with Gasteiger partial charge in [0, 0.05) is 24.9 Å². The number of halogens is 2.